The van der Waals surface area contributed by atoms with Gasteiger partial charge in [0.25, 0.3) is 0 Å². The first-order valence-corrected chi connectivity index (χ1v) is 7.74. The molecule has 0 aliphatic rings. The van der Waals surface area contributed by atoms with Crippen LogP contribution in [0.25, 0.3) is 28.0 Å². The van der Waals surface area contributed by atoms with Crippen molar-refractivity contribution in [2.24, 2.45) is 0 Å². The molecule has 0 atom stereocenters. The molecule has 25 heavy (non-hydrogen) atoms. The van der Waals surface area contributed by atoms with Crippen LogP contribution in [-0.2, 0) is 0 Å². The van der Waals surface area contributed by atoms with Crippen molar-refractivity contribution in [1.82, 2.24) is 24.6 Å². The fraction of sp³-hybridized carbons (Fsp3) is 0.111. The zero-order valence-electron chi connectivity index (χ0n) is 13.7. The van der Waals surface area contributed by atoms with Crippen molar-refractivity contribution in [3.05, 3.63) is 59.9 Å². The quantitative estimate of drug-likeness (QED) is 0.609. The Labute approximate surface area is 143 Å². The highest BCUT2D eigenvalue weighted by atomic mass is 19.1. The number of aryl methyl sites for hydroxylation is 2. The van der Waals surface area contributed by atoms with Gasteiger partial charge in [-0.1, -0.05) is 12.1 Å². The van der Waals surface area contributed by atoms with Crippen LogP contribution in [0.4, 0.5) is 10.3 Å². The number of nitrogen functional groups attached to an aromatic ring is 1. The molecule has 3 heterocycles. The van der Waals surface area contributed by atoms with E-state index in [1.54, 1.807) is 22.6 Å². The number of rotatable bonds is 2. The average Bonchev–Trinajstić information content (AvgIpc) is 3.04. The van der Waals surface area contributed by atoms with Crippen molar-refractivity contribution in [2.45, 2.75) is 13.8 Å². The van der Waals surface area contributed by atoms with Gasteiger partial charge in [-0.15, -0.1) is 10.2 Å². The van der Waals surface area contributed by atoms with Crippen LogP contribution in [0.1, 0.15) is 11.4 Å². The summed E-state index contributed by atoms with van der Waals surface area (Å²) in [6.07, 6.45) is 1.49. The molecular weight excluding hydrogens is 319 g/mol. The molecule has 0 bridgehead atoms. The summed E-state index contributed by atoms with van der Waals surface area (Å²) in [7, 11) is 0. The Morgan fingerprint density at radius 1 is 1.04 bits per heavy atom. The SMILES string of the molecule is Cc1cc(-c2c(-c3ccccc3F)nc(N)n3cnnc23)cc(C)n1. The van der Waals surface area contributed by atoms with Gasteiger partial charge in [-0.05, 0) is 43.7 Å². The molecule has 7 heteroatoms. The molecule has 0 aliphatic carbocycles. The maximum absolute atomic E-state index is 14.5. The van der Waals surface area contributed by atoms with Crippen molar-refractivity contribution in [3.8, 4) is 22.4 Å². The maximum Gasteiger partial charge on any atom is 0.207 e. The minimum atomic E-state index is -0.373. The zero-order chi connectivity index (χ0) is 17.6. The van der Waals surface area contributed by atoms with E-state index in [1.807, 2.05) is 26.0 Å². The van der Waals surface area contributed by atoms with E-state index in [0.717, 1.165) is 17.0 Å². The minimum Gasteiger partial charge on any atom is -0.369 e. The van der Waals surface area contributed by atoms with E-state index in [2.05, 4.69) is 20.2 Å². The molecule has 0 aliphatic heterocycles. The molecule has 6 nitrogen and oxygen atoms in total. The summed E-state index contributed by atoms with van der Waals surface area (Å²) in [4.78, 5) is 8.84. The third-order valence-electron chi connectivity index (χ3n) is 3.98. The van der Waals surface area contributed by atoms with Gasteiger partial charge in [-0.3, -0.25) is 9.38 Å². The molecule has 3 aromatic heterocycles. The number of fused-ring (bicyclic) bond motifs is 1. The molecule has 0 saturated heterocycles. The molecule has 0 spiro atoms. The van der Waals surface area contributed by atoms with Gasteiger partial charge >= 0.3 is 0 Å². The number of anilines is 1. The van der Waals surface area contributed by atoms with Crippen molar-refractivity contribution in [3.63, 3.8) is 0 Å². The van der Waals surface area contributed by atoms with E-state index >= 15 is 0 Å². The molecule has 124 valence electrons. The number of hydrogen-bond donors (Lipinski definition) is 1. The molecule has 0 amide bonds. The molecular formula is C18H15FN6. The lowest BCUT2D eigenvalue weighted by molar-refractivity contribution is 0.631. The number of hydrogen-bond acceptors (Lipinski definition) is 5. The summed E-state index contributed by atoms with van der Waals surface area (Å²) in [5.74, 6) is -0.175. The topological polar surface area (TPSA) is 82.0 Å². The fourth-order valence-electron chi connectivity index (χ4n) is 3.00. The van der Waals surface area contributed by atoms with E-state index in [-0.39, 0.29) is 11.8 Å². The molecule has 4 aromatic rings. The van der Waals surface area contributed by atoms with Crippen molar-refractivity contribution in [2.75, 3.05) is 5.73 Å². The lowest BCUT2D eigenvalue weighted by Crippen LogP contribution is -2.05. The normalized spacial score (nSPS) is 11.2. The molecule has 0 unspecified atom stereocenters. The predicted octanol–water partition coefficient (Wildman–Crippen LogP) is 3.19. The summed E-state index contributed by atoms with van der Waals surface area (Å²) in [5.41, 5.74) is 10.6. The number of halogens is 1. The molecule has 1 aromatic carbocycles. The van der Waals surface area contributed by atoms with Crippen LogP contribution in [0.2, 0.25) is 0 Å². The highest BCUT2D eigenvalue weighted by Crippen LogP contribution is 2.36. The van der Waals surface area contributed by atoms with Gasteiger partial charge in [0.1, 0.15) is 12.1 Å². The Kier molecular flexibility index (Phi) is 3.42. The summed E-state index contributed by atoms with van der Waals surface area (Å²) in [6.45, 7) is 3.82. The summed E-state index contributed by atoms with van der Waals surface area (Å²) < 4.78 is 16.0. The number of nitrogens with zero attached hydrogens (tertiary/aromatic N) is 5. The Hall–Kier alpha value is -3.35. The van der Waals surface area contributed by atoms with Crippen LogP contribution in [0, 0.1) is 19.7 Å². The van der Waals surface area contributed by atoms with Crippen LogP contribution < -0.4 is 5.73 Å². The van der Waals surface area contributed by atoms with Gasteiger partial charge in [0.05, 0.1) is 11.3 Å². The molecule has 2 N–H and O–H groups in total. The largest absolute Gasteiger partial charge is 0.369 e. The van der Waals surface area contributed by atoms with Crippen LogP contribution in [0.15, 0.2) is 42.7 Å². The van der Waals surface area contributed by atoms with Crippen LogP contribution in [-0.4, -0.2) is 24.6 Å². The molecule has 0 fully saturated rings. The molecule has 4 rings (SSSR count). The fourth-order valence-corrected chi connectivity index (χ4v) is 3.00. The number of benzene rings is 1. The minimum absolute atomic E-state index is 0.199. The third kappa shape index (κ3) is 2.50. The van der Waals surface area contributed by atoms with E-state index in [1.165, 1.54) is 12.4 Å². The second kappa shape index (κ2) is 5.62. The Bertz CT molecular complexity index is 1080. The third-order valence-corrected chi connectivity index (χ3v) is 3.98. The maximum atomic E-state index is 14.5. The zero-order valence-corrected chi connectivity index (χ0v) is 13.7. The Morgan fingerprint density at radius 2 is 1.76 bits per heavy atom. The van der Waals surface area contributed by atoms with Crippen molar-refractivity contribution in [1.29, 1.82) is 0 Å². The number of nitrogens with two attached hydrogens (primary N) is 1. The lowest BCUT2D eigenvalue weighted by Gasteiger charge is -2.13. The smallest absolute Gasteiger partial charge is 0.207 e. The van der Waals surface area contributed by atoms with E-state index in [0.29, 0.717) is 22.5 Å². The average molecular weight is 334 g/mol. The van der Waals surface area contributed by atoms with Crippen LogP contribution in [0.3, 0.4) is 0 Å². The van der Waals surface area contributed by atoms with E-state index < -0.39 is 0 Å². The van der Waals surface area contributed by atoms with Crippen molar-refractivity contribution < 1.29 is 4.39 Å². The van der Waals surface area contributed by atoms with Crippen LogP contribution in [0.5, 0.6) is 0 Å². The van der Waals surface area contributed by atoms with Gasteiger partial charge in [0.2, 0.25) is 5.95 Å². The summed E-state index contributed by atoms with van der Waals surface area (Å²) in [5, 5.41) is 8.12. The van der Waals surface area contributed by atoms with Gasteiger partial charge in [-0.25, -0.2) is 9.37 Å². The Morgan fingerprint density at radius 3 is 2.48 bits per heavy atom. The first kappa shape index (κ1) is 15.2. The second-order valence-corrected chi connectivity index (χ2v) is 5.84. The predicted molar refractivity (Wildman–Crippen MR) is 93.3 cm³/mol. The number of pyridine rings is 1. The first-order chi connectivity index (χ1) is 12.0. The van der Waals surface area contributed by atoms with E-state index in [4.69, 9.17) is 5.73 Å². The standard InChI is InChI=1S/C18H15FN6/c1-10-7-12(8-11(2)22-10)15-16(13-5-3-4-6-14(13)19)23-18(20)25-9-21-24-17(15)25/h3-9H,1-2H3,(H2,20,23). The van der Waals surface area contributed by atoms with Gasteiger partial charge in [0, 0.05) is 17.0 Å². The van der Waals surface area contributed by atoms with Crippen molar-refractivity contribution >= 4 is 11.6 Å². The molecule has 0 radical (unpaired) electrons. The monoisotopic (exact) mass is 334 g/mol. The lowest BCUT2D eigenvalue weighted by atomic mass is 9.99. The highest BCUT2D eigenvalue weighted by molar-refractivity contribution is 5.90. The Balaban J connectivity index is 2.14. The van der Waals surface area contributed by atoms with Crippen LogP contribution >= 0.6 is 0 Å². The first-order valence-electron chi connectivity index (χ1n) is 7.74. The van der Waals surface area contributed by atoms with Gasteiger partial charge in [-0.2, -0.15) is 0 Å². The van der Waals surface area contributed by atoms with E-state index in [9.17, 15) is 4.39 Å². The highest BCUT2D eigenvalue weighted by Gasteiger charge is 2.20. The summed E-state index contributed by atoms with van der Waals surface area (Å²) in [6, 6.07) is 10.3. The second-order valence-electron chi connectivity index (χ2n) is 5.84. The van der Waals surface area contributed by atoms with Gasteiger partial charge in [0.15, 0.2) is 5.65 Å². The number of aromatic nitrogens is 5. The molecule has 0 saturated carbocycles. The summed E-state index contributed by atoms with van der Waals surface area (Å²) >= 11 is 0. The van der Waals surface area contributed by atoms with Gasteiger partial charge < -0.3 is 5.73 Å².